The van der Waals surface area contributed by atoms with Crippen molar-refractivity contribution in [3.63, 3.8) is 0 Å². The number of carbonyl (C=O) groups excluding carboxylic acids is 2. The second-order valence-electron chi connectivity index (χ2n) is 6.39. The van der Waals surface area contributed by atoms with E-state index in [-0.39, 0.29) is 24.6 Å². The molecule has 0 atom stereocenters. The molecule has 9 nitrogen and oxygen atoms in total. The van der Waals surface area contributed by atoms with Crippen LogP contribution in [0.1, 0.15) is 6.42 Å². The molecule has 0 aliphatic rings. The molecule has 0 unspecified atom stereocenters. The van der Waals surface area contributed by atoms with Gasteiger partial charge >= 0.3 is 0 Å². The summed E-state index contributed by atoms with van der Waals surface area (Å²) in [6.45, 7) is 0.287. The molecule has 11 heteroatoms. The summed E-state index contributed by atoms with van der Waals surface area (Å²) < 4.78 is 7.11. The number of primary amides is 1. The smallest absolute Gasteiger partial charge is 0.236 e. The molecule has 3 aromatic heterocycles. The molecule has 4 aromatic rings. The molecule has 0 spiro atoms. The quantitative estimate of drug-likeness (QED) is 0.371. The minimum atomic E-state index is -0.439. The van der Waals surface area contributed by atoms with Crippen LogP contribution in [-0.2, 0) is 16.1 Å². The maximum absolute atomic E-state index is 12.4. The number of hydrogen-bond acceptors (Lipinski definition) is 8. The number of rotatable bonds is 9. The Kier molecular flexibility index (Phi) is 6.43. The molecule has 3 N–H and O–H groups in total. The number of benzene rings is 1. The normalized spacial score (nSPS) is 10.8. The Balaban J connectivity index is 1.41. The predicted molar refractivity (Wildman–Crippen MR) is 118 cm³/mol. The van der Waals surface area contributed by atoms with E-state index in [4.69, 9.17) is 10.2 Å². The van der Waals surface area contributed by atoms with Gasteiger partial charge in [-0.05, 0) is 12.1 Å². The lowest BCUT2D eigenvalue weighted by molar-refractivity contribution is -0.118. The van der Waals surface area contributed by atoms with Crippen LogP contribution in [0, 0.1) is 0 Å². The number of thioether (sulfide) groups is 1. The zero-order valence-corrected chi connectivity index (χ0v) is 17.9. The molecule has 0 bridgehead atoms. The summed E-state index contributed by atoms with van der Waals surface area (Å²) in [5.74, 6) is 0.437. The summed E-state index contributed by atoms with van der Waals surface area (Å²) in [6, 6.07) is 13.2. The van der Waals surface area contributed by atoms with Crippen molar-refractivity contribution in [2.45, 2.75) is 18.1 Å². The highest BCUT2D eigenvalue weighted by molar-refractivity contribution is 7.99. The zero-order valence-electron chi connectivity index (χ0n) is 16.2. The first-order valence-electron chi connectivity index (χ1n) is 9.29. The predicted octanol–water partition coefficient (Wildman–Crippen LogP) is 3.27. The van der Waals surface area contributed by atoms with Gasteiger partial charge in [0.05, 0.1) is 17.7 Å². The molecule has 0 fully saturated rings. The highest BCUT2D eigenvalue weighted by Crippen LogP contribution is 2.26. The Morgan fingerprint density at radius 2 is 2.00 bits per heavy atom. The third-order valence-electron chi connectivity index (χ3n) is 4.19. The molecule has 0 aliphatic carbocycles. The minimum absolute atomic E-state index is 0.104. The Morgan fingerprint density at radius 3 is 2.74 bits per heavy atom. The van der Waals surface area contributed by atoms with Gasteiger partial charge in [0, 0.05) is 23.9 Å². The Hall–Kier alpha value is -3.44. The van der Waals surface area contributed by atoms with E-state index >= 15 is 0 Å². The van der Waals surface area contributed by atoms with Gasteiger partial charge in [0.15, 0.2) is 21.9 Å². The zero-order chi connectivity index (χ0) is 21.6. The topological polar surface area (TPSA) is 129 Å². The lowest BCUT2D eigenvalue weighted by atomic mass is 10.2. The number of nitrogens with one attached hydrogen (secondary N) is 1. The SMILES string of the molecule is NC(=O)CCn1c(SCC(=O)Nc2nc(-c3ccccc3)cs2)nnc1-c1ccco1. The molecule has 158 valence electrons. The summed E-state index contributed by atoms with van der Waals surface area (Å²) in [5, 5.41) is 14.0. The van der Waals surface area contributed by atoms with Gasteiger partial charge in [-0.3, -0.25) is 14.2 Å². The van der Waals surface area contributed by atoms with Crippen molar-refractivity contribution in [2.24, 2.45) is 5.73 Å². The van der Waals surface area contributed by atoms with Gasteiger partial charge in [0.1, 0.15) is 0 Å². The molecule has 0 radical (unpaired) electrons. The first-order valence-corrected chi connectivity index (χ1v) is 11.2. The molecule has 0 saturated carbocycles. The first-order chi connectivity index (χ1) is 15.1. The maximum atomic E-state index is 12.4. The summed E-state index contributed by atoms with van der Waals surface area (Å²) in [5.41, 5.74) is 7.08. The highest BCUT2D eigenvalue weighted by Gasteiger charge is 2.18. The van der Waals surface area contributed by atoms with Crippen molar-refractivity contribution in [1.82, 2.24) is 19.7 Å². The molecule has 31 heavy (non-hydrogen) atoms. The number of nitrogens with zero attached hydrogens (tertiary/aromatic N) is 4. The molecule has 0 saturated heterocycles. The number of aromatic nitrogens is 4. The molecule has 0 aliphatic heterocycles. The van der Waals surface area contributed by atoms with Gasteiger partial charge in [-0.15, -0.1) is 21.5 Å². The van der Waals surface area contributed by atoms with Crippen LogP contribution >= 0.6 is 23.1 Å². The van der Waals surface area contributed by atoms with E-state index in [0.29, 0.717) is 21.9 Å². The maximum Gasteiger partial charge on any atom is 0.236 e. The fourth-order valence-corrected chi connectivity index (χ4v) is 4.27. The van der Waals surface area contributed by atoms with Gasteiger partial charge in [0.25, 0.3) is 0 Å². The van der Waals surface area contributed by atoms with Crippen molar-refractivity contribution in [3.05, 3.63) is 54.1 Å². The minimum Gasteiger partial charge on any atom is -0.461 e. The Labute approximate surface area is 185 Å². The molecular formula is C20H18N6O3S2. The average molecular weight is 455 g/mol. The summed E-state index contributed by atoms with van der Waals surface area (Å²) in [6.07, 6.45) is 1.65. The number of amides is 2. The fraction of sp³-hybridized carbons (Fsp3) is 0.150. The number of thiazole rings is 1. The number of furan rings is 1. The summed E-state index contributed by atoms with van der Waals surface area (Å²) >= 11 is 2.57. The lowest BCUT2D eigenvalue weighted by Crippen LogP contribution is -2.16. The second kappa shape index (κ2) is 9.58. The number of hydrogen-bond donors (Lipinski definition) is 2. The van der Waals surface area contributed by atoms with E-state index in [1.165, 1.54) is 29.4 Å². The number of carbonyl (C=O) groups is 2. The standard InChI is InChI=1S/C20H18N6O3S2/c21-16(27)8-9-26-18(15-7-4-10-29-15)24-25-20(26)31-12-17(28)23-19-22-14(11-30-19)13-5-2-1-3-6-13/h1-7,10-11H,8-9,12H2,(H2,21,27)(H,22,23,28). The van der Waals surface area contributed by atoms with Crippen LogP contribution in [-0.4, -0.2) is 37.3 Å². The Morgan fingerprint density at radius 1 is 1.16 bits per heavy atom. The number of anilines is 1. The second-order valence-corrected chi connectivity index (χ2v) is 8.19. The third kappa shape index (κ3) is 5.19. The van der Waals surface area contributed by atoms with Crippen LogP contribution in [0.15, 0.2) is 63.7 Å². The molecule has 1 aromatic carbocycles. The van der Waals surface area contributed by atoms with E-state index in [1.54, 1.807) is 16.7 Å². The molecule has 4 rings (SSSR count). The van der Waals surface area contributed by atoms with Crippen molar-refractivity contribution in [2.75, 3.05) is 11.1 Å². The van der Waals surface area contributed by atoms with Crippen molar-refractivity contribution >= 4 is 40.0 Å². The monoisotopic (exact) mass is 454 g/mol. The molecule has 2 amide bonds. The van der Waals surface area contributed by atoms with Gasteiger partial charge in [-0.25, -0.2) is 4.98 Å². The van der Waals surface area contributed by atoms with E-state index in [1.807, 2.05) is 35.7 Å². The van der Waals surface area contributed by atoms with E-state index in [2.05, 4.69) is 20.5 Å². The molecule has 3 heterocycles. The van der Waals surface area contributed by atoms with Crippen molar-refractivity contribution < 1.29 is 14.0 Å². The van der Waals surface area contributed by atoms with E-state index in [9.17, 15) is 9.59 Å². The fourth-order valence-electron chi connectivity index (χ4n) is 2.77. The summed E-state index contributed by atoms with van der Waals surface area (Å²) in [7, 11) is 0. The van der Waals surface area contributed by atoms with Crippen LogP contribution in [0.4, 0.5) is 5.13 Å². The van der Waals surface area contributed by atoms with Gasteiger partial charge < -0.3 is 15.5 Å². The van der Waals surface area contributed by atoms with Gasteiger partial charge in [0.2, 0.25) is 11.8 Å². The van der Waals surface area contributed by atoms with E-state index < -0.39 is 5.91 Å². The van der Waals surface area contributed by atoms with Crippen molar-refractivity contribution in [3.8, 4) is 22.8 Å². The largest absolute Gasteiger partial charge is 0.461 e. The van der Waals surface area contributed by atoms with Crippen LogP contribution in [0.3, 0.4) is 0 Å². The highest BCUT2D eigenvalue weighted by atomic mass is 32.2. The van der Waals surface area contributed by atoms with Crippen LogP contribution in [0.2, 0.25) is 0 Å². The lowest BCUT2D eigenvalue weighted by Gasteiger charge is -2.07. The van der Waals surface area contributed by atoms with Crippen molar-refractivity contribution in [1.29, 1.82) is 0 Å². The van der Waals surface area contributed by atoms with Crippen LogP contribution in [0.5, 0.6) is 0 Å². The average Bonchev–Trinajstić information content (AvgIpc) is 3.52. The van der Waals surface area contributed by atoms with Gasteiger partial charge in [-0.1, -0.05) is 42.1 Å². The summed E-state index contributed by atoms with van der Waals surface area (Å²) in [4.78, 5) is 28.1. The first kappa shape index (κ1) is 20.8. The number of nitrogens with two attached hydrogens (primary N) is 1. The Bertz CT molecular complexity index is 1170. The van der Waals surface area contributed by atoms with E-state index in [0.717, 1.165) is 11.3 Å². The molecular weight excluding hydrogens is 436 g/mol. The third-order valence-corrected chi connectivity index (χ3v) is 5.92. The van der Waals surface area contributed by atoms with Crippen LogP contribution in [0.25, 0.3) is 22.8 Å². The van der Waals surface area contributed by atoms with Gasteiger partial charge in [-0.2, -0.15) is 0 Å². The van der Waals surface area contributed by atoms with Crippen LogP contribution < -0.4 is 11.1 Å².